The molecule has 2 N–H and O–H groups in total. The first kappa shape index (κ1) is 19.4. The van der Waals surface area contributed by atoms with Gasteiger partial charge in [-0.25, -0.2) is 9.37 Å². The predicted octanol–water partition coefficient (Wildman–Crippen LogP) is 4.39. The number of hydrogen-bond donors (Lipinski definition) is 2. The van der Waals surface area contributed by atoms with Crippen molar-refractivity contribution in [1.29, 1.82) is 0 Å². The molecule has 0 spiro atoms. The highest BCUT2D eigenvalue weighted by Gasteiger charge is 2.08. The average molecular weight is 405 g/mol. The van der Waals surface area contributed by atoms with Crippen molar-refractivity contribution in [2.75, 3.05) is 19.3 Å². The number of oxazole rings is 1. The largest absolute Gasteiger partial charge is 0.443 e. The van der Waals surface area contributed by atoms with Crippen molar-refractivity contribution in [2.24, 2.45) is 4.99 Å². The summed E-state index contributed by atoms with van der Waals surface area (Å²) in [6.07, 6.45) is 2.63. The van der Waals surface area contributed by atoms with Gasteiger partial charge in [0.2, 0.25) is 5.89 Å². The van der Waals surface area contributed by atoms with Gasteiger partial charge in [0.1, 0.15) is 12.1 Å². The van der Waals surface area contributed by atoms with Crippen molar-refractivity contribution >= 4 is 29.1 Å². The normalized spacial score (nSPS) is 11.6. The summed E-state index contributed by atoms with van der Waals surface area (Å²) < 4.78 is 18.4. The first-order valence-corrected chi connectivity index (χ1v) is 10.4. The van der Waals surface area contributed by atoms with Crippen molar-refractivity contribution in [3.05, 3.63) is 59.6 Å². The van der Waals surface area contributed by atoms with Gasteiger partial charge in [-0.2, -0.15) is 0 Å². The molecular weight excluding hydrogens is 383 g/mol. The minimum Gasteiger partial charge on any atom is -0.443 e. The van der Waals surface area contributed by atoms with Gasteiger partial charge in [0.15, 0.2) is 5.96 Å². The van der Waals surface area contributed by atoms with E-state index in [4.69, 9.17) is 4.42 Å². The van der Waals surface area contributed by atoms with Gasteiger partial charge in [-0.3, -0.25) is 4.99 Å². The number of aliphatic imine (C=N–C) groups is 1. The number of aromatic nitrogens is 1. The van der Waals surface area contributed by atoms with Gasteiger partial charge in [0.25, 0.3) is 0 Å². The lowest BCUT2D eigenvalue weighted by Gasteiger charge is -2.10. The van der Waals surface area contributed by atoms with Gasteiger partial charge in [0.05, 0.1) is 17.1 Å². The fourth-order valence-corrected chi connectivity index (χ4v) is 3.80. The van der Waals surface area contributed by atoms with Gasteiger partial charge >= 0.3 is 0 Å². The minimum atomic E-state index is -0.203. The first-order valence-electron chi connectivity index (χ1n) is 8.56. The van der Waals surface area contributed by atoms with E-state index in [1.807, 2.05) is 17.5 Å². The Morgan fingerprint density at radius 3 is 2.85 bits per heavy atom. The Kier molecular flexibility index (Phi) is 7.29. The smallest absolute Gasteiger partial charge is 0.236 e. The van der Waals surface area contributed by atoms with Crippen LogP contribution in [-0.4, -0.2) is 30.3 Å². The maximum absolute atomic E-state index is 12.9. The fraction of sp³-hybridized carbons (Fsp3) is 0.263. The molecular formula is C19H21FN4OS2. The maximum Gasteiger partial charge on any atom is 0.236 e. The standard InChI is InChI=1S/C19H21FN4OS2/c1-21-19(22-9-3-11-26-16-7-5-14(20)6-8-16)23-12-15-13-25-18(24-15)17-4-2-10-27-17/h2,4-8,10,13H,3,9,11-12H2,1H3,(H2,21,22,23). The SMILES string of the molecule is CN=C(NCCCSc1ccc(F)cc1)NCc1coc(-c2cccs2)n1. The molecule has 1 aromatic carbocycles. The monoisotopic (exact) mass is 404 g/mol. The van der Waals surface area contributed by atoms with Crippen molar-refractivity contribution in [3.63, 3.8) is 0 Å². The van der Waals surface area contributed by atoms with E-state index < -0.39 is 0 Å². The molecule has 0 fully saturated rings. The Balaban J connectivity index is 1.35. The number of guanidine groups is 1. The van der Waals surface area contributed by atoms with E-state index in [2.05, 4.69) is 20.6 Å². The van der Waals surface area contributed by atoms with Gasteiger partial charge < -0.3 is 15.1 Å². The summed E-state index contributed by atoms with van der Waals surface area (Å²) in [6, 6.07) is 10.5. The topological polar surface area (TPSA) is 62.5 Å². The molecule has 3 aromatic rings. The quantitative estimate of drug-likeness (QED) is 0.252. The molecule has 0 aliphatic heterocycles. The Hall–Kier alpha value is -2.32. The zero-order valence-corrected chi connectivity index (χ0v) is 16.6. The summed E-state index contributed by atoms with van der Waals surface area (Å²) in [5, 5.41) is 8.51. The van der Waals surface area contributed by atoms with Gasteiger partial charge in [-0.1, -0.05) is 6.07 Å². The first-order chi connectivity index (χ1) is 13.2. The highest BCUT2D eigenvalue weighted by atomic mass is 32.2. The van der Waals surface area contributed by atoms with E-state index in [-0.39, 0.29) is 5.82 Å². The van der Waals surface area contributed by atoms with E-state index in [0.717, 1.165) is 40.1 Å². The third-order valence-electron chi connectivity index (χ3n) is 3.64. The summed E-state index contributed by atoms with van der Waals surface area (Å²) in [7, 11) is 1.74. The van der Waals surface area contributed by atoms with Gasteiger partial charge in [0, 0.05) is 18.5 Å². The predicted molar refractivity (Wildman–Crippen MR) is 110 cm³/mol. The number of thiophene rings is 1. The lowest BCUT2D eigenvalue weighted by molar-refractivity contribution is 0.573. The van der Waals surface area contributed by atoms with Crippen LogP contribution in [0, 0.1) is 5.82 Å². The number of benzene rings is 1. The molecule has 2 heterocycles. The molecule has 2 aromatic heterocycles. The third-order valence-corrected chi connectivity index (χ3v) is 5.60. The van der Waals surface area contributed by atoms with Crippen molar-refractivity contribution in [3.8, 4) is 10.8 Å². The molecule has 3 rings (SSSR count). The molecule has 27 heavy (non-hydrogen) atoms. The minimum absolute atomic E-state index is 0.203. The van der Waals surface area contributed by atoms with Crippen LogP contribution >= 0.6 is 23.1 Å². The molecule has 0 amide bonds. The van der Waals surface area contributed by atoms with E-state index in [9.17, 15) is 4.39 Å². The summed E-state index contributed by atoms with van der Waals surface area (Å²) in [6.45, 7) is 1.34. The van der Waals surface area contributed by atoms with Crippen LogP contribution in [0.3, 0.4) is 0 Å². The number of halogens is 1. The second-order valence-electron chi connectivity index (χ2n) is 5.63. The Labute approximate surface area is 166 Å². The highest BCUT2D eigenvalue weighted by Crippen LogP contribution is 2.23. The summed E-state index contributed by atoms with van der Waals surface area (Å²) in [5.74, 6) is 2.11. The van der Waals surface area contributed by atoms with Crippen LogP contribution in [0.5, 0.6) is 0 Å². The molecule has 0 radical (unpaired) electrons. The van der Waals surface area contributed by atoms with Crippen molar-refractivity contribution < 1.29 is 8.81 Å². The molecule has 0 saturated carbocycles. The van der Waals surface area contributed by atoms with E-state index in [0.29, 0.717) is 12.4 Å². The molecule has 8 heteroatoms. The molecule has 0 atom stereocenters. The molecule has 142 valence electrons. The van der Waals surface area contributed by atoms with Gasteiger partial charge in [-0.05, 0) is 47.9 Å². The zero-order chi connectivity index (χ0) is 18.9. The molecule has 0 unspecified atom stereocenters. The van der Waals surface area contributed by atoms with E-state index >= 15 is 0 Å². The second-order valence-corrected chi connectivity index (χ2v) is 7.75. The number of hydrogen-bond acceptors (Lipinski definition) is 5. The van der Waals surface area contributed by atoms with Crippen LogP contribution in [0.15, 0.2) is 62.3 Å². The molecule has 0 aliphatic carbocycles. The molecule has 0 bridgehead atoms. The van der Waals surface area contributed by atoms with Crippen LogP contribution < -0.4 is 10.6 Å². The van der Waals surface area contributed by atoms with Crippen LogP contribution in [-0.2, 0) is 6.54 Å². The Morgan fingerprint density at radius 2 is 2.11 bits per heavy atom. The number of nitrogens with zero attached hydrogens (tertiary/aromatic N) is 2. The van der Waals surface area contributed by atoms with Crippen molar-refractivity contribution in [2.45, 2.75) is 17.9 Å². The van der Waals surface area contributed by atoms with Crippen LogP contribution in [0.4, 0.5) is 4.39 Å². The maximum atomic E-state index is 12.9. The second kappa shape index (κ2) is 10.1. The number of thioether (sulfide) groups is 1. The molecule has 5 nitrogen and oxygen atoms in total. The number of nitrogens with one attached hydrogen (secondary N) is 2. The summed E-state index contributed by atoms with van der Waals surface area (Å²) in [4.78, 5) is 10.8. The highest BCUT2D eigenvalue weighted by molar-refractivity contribution is 7.99. The third kappa shape index (κ3) is 6.11. The molecule has 0 saturated heterocycles. The average Bonchev–Trinajstić information content (AvgIpc) is 3.37. The van der Waals surface area contributed by atoms with Crippen LogP contribution in [0.25, 0.3) is 10.8 Å². The zero-order valence-electron chi connectivity index (χ0n) is 14.9. The lowest BCUT2D eigenvalue weighted by atomic mass is 10.4. The van der Waals surface area contributed by atoms with Crippen LogP contribution in [0.1, 0.15) is 12.1 Å². The van der Waals surface area contributed by atoms with Crippen LogP contribution in [0.2, 0.25) is 0 Å². The lowest BCUT2D eigenvalue weighted by Crippen LogP contribution is -2.37. The number of rotatable bonds is 8. The molecule has 0 aliphatic rings. The summed E-state index contributed by atoms with van der Waals surface area (Å²) >= 11 is 3.31. The van der Waals surface area contributed by atoms with E-state index in [1.54, 1.807) is 48.5 Å². The van der Waals surface area contributed by atoms with E-state index in [1.165, 1.54) is 12.1 Å². The summed E-state index contributed by atoms with van der Waals surface area (Å²) in [5.41, 5.74) is 0.827. The van der Waals surface area contributed by atoms with Crippen molar-refractivity contribution in [1.82, 2.24) is 15.6 Å². The van der Waals surface area contributed by atoms with Gasteiger partial charge in [-0.15, -0.1) is 23.1 Å². The Morgan fingerprint density at radius 1 is 1.26 bits per heavy atom. The Bertz CT molecular complexity index is 847. The fourth-order valence-electron chi connectivity index (χ4n) is 2.30.